The molecular weight excluding hydrogens is 238 g/mol. The lowest BCUT2D eigenvalue weighted by Crippen LogP contribution is -2.58. The first kappa shape index (κ1) is 16.7. The Bertz CT molecular complexity index is 301. The number of methoxy groups -OCH3 is 1. The summed E-state index contributed by atoms with van der Waals surface area (Å²) >= 11 is 0. The first-order chi connectivity index (χ1) is 8.81. The average Bonchev–Trinajstić information content (AvgIpc) is 2.62. The first-order valence-corrected chi connectivity index (χ1v) is 7.30. The fourth-order valence-electron chi connectivity index (χ4n) is 3.43. The molecule has 3 nitrogen and oxygen atoms in total. The smallest absolute Gasteiger partial charge is 0.108 e. The highest BCUT2D eigenvalue weighted by molar-refractivity contribution is 5.19. The summed E-state index contributed by atoms with van der Waals surface area (Å²) in [6.45, 7) is 12.9. The van der Waals surface area contributed by atoms with Crippen LogP contribution in [0.3, 0.4) is 0 Å². The summed E-state index contributed by atoms with van der Waals surface area (Å²) in [5.74, 6) is 1.02. The van der Waals surface area contributed by atoms with Crippen LogP contribution in [0, 0.1) is 11.8 Å². The summed E-state index contributed by atoms with van der Waals surface area (Å²) in [6, 6.07) is 0. The Morgan fingerprint density at radius 1 is 1.32 bits per heavy atom. The fraction of sp³-hybridized carbons (Fsp3) is 0.875. The van der Waals surface area contributed by atoms with Crippen molar-refractivity contribution >= 4 is 0 Å². The van der Waals surface area contributed by atoms with Crippen molar-refractivity contribution in [1.29, 1.82) is 0 Å². The molecule has 0 aliphatic carbocycles. The van der Waals surface area contributed by atoms with Gasteiger partial charge in [-0.25, -0.2) is 0 Å². The minimum absolute atomic E-state index is 0.0369. The molecule has 4 atom stereocenters. The van der Waals surface area contributed by atoms with Gasteiger partial charge in [0.15, 0.2) is 0 Å². The van der Waals surface area contributed by atoms with Crippen LogP contribution in [0.25, 0.3) is 0 Å². The van der Waals surface area contributed by atoms with Crippen molar-refractivity contribution < 1.29 is 9.47 Å². The lowest BCUT2D eigenvalue weighted by molar-refractivity contribution is -0.0266. The summed E-state index contributed by atoms with van der Waals surface area (Å²) in [7, 11) is 5.96. The van der Waals surface area contributed by atoms with Gasteiger partial charge in [0, 0.05) is 7.11 Å². The van der Waals surface area contributed by atoms with Crippen LogP contribution in [-0.2, 0) is 9.47 Å². The van der Waals surface area contributed by atoms with Gasteiger partial charge in [0.2, 0.25) is 0 Å². The molecule has 0 aromatic rings. The van der Waals surface area contributed by atoms with Gasteiger partial charge in [0.05, 0.1) is 17.7 Å². The van der Waals surface area contributed by atoms with Crippen molar-refractivity contribution in [2.24, 2.45) is 11.8 Å². The van der Waals surface area contributed by atoms with Crippen LogP contribution in [-0.4, -0.2) is 50.0 Å². The highest BCUT2D eigenvalue weighted by atomic mass is 16.6. The van der Waals surface area contributed by atoms with E-state index in [1.807, 2.05) is 6.08 Å². The van der Waals surface area contributed by atoms with E-state index >= 15 is 0 Å². The number of hydrogen-bond donors (Lipinski definition) is 0. The zero-order chi connectivity index (χ0) is 14.8. The first-order valence-electron chi connectivity index (χ1n) is 7.30. The molecular formula is C16H31NO2. The molecule has 0 aromatic carbocycles. The Morgan fingerprint density at radius 2 is 1.89 bits per heavy atom. The Kier molecular flexibility index (Phi) is 5.60. The molecule has 112 valence electrons. The van der Waals surface area contributed by atoms with Crippen LogP contribution in [0.4, 0.5) is 0 Å². The molecule has 0 bridgehead atoms. The van der Waals surface area contributed by atoms with E-state index in [-0.39, 0.29) is 23.9 Å². The fourth-order valence-corrected chi connectivity index (χ4v) is 3.43. The number of ether oxygens (including phenoxy) is 2. The second kappa shape index (κ2) is 6.38. The monoisotopic (exact) mass is 269 g/mol. The molecule has 1 aliphatic rings. The van der Waals surface area contributed by atoms with Crippen molar-refractivity contribution in [3.8, 4) is 0 Å². The van der Waals surface area contributed by atoms with E-state index < -0.39 is 0 Å². The van der Waals surface area contributed by atoms with Gasteiger partial charge in [-0.3, -0.25) is 4.90 Å². The van der Waals surface area contributed by atoms with Gasteiger partial charge in [-0.05, 0) is 32.4 Å². The van der Waals surface area contributed by atoms with Crippen LogP contribution in [0.15, 0.2) is 12.7 Å². The summed E-state index contributed by atoms with van der Waals surface area (Å²) in [4.78, 5) is 2.21. The molecule has 19 heavy (non-hydrogen) atoms. The molecule has 1 heterocycles. The third-order valence-corrected chi connectivity index (χ3v) is 4.24. The summed E-state index contributed by atoms with van der Waals surface area (Å²) in [6.07, 6.45) is 3.33. The Labute approximate surface area is 119 Å². The van der Waals surface area contributed by atoms with Gasteiger partial charge in [0.1, 0.15) is 6.10 Å². The maximum atomic E-state index is 6.37. The maximum Gasteiger partial charge on any atom is 0.108 e. The predicted molar refractivity (Wildman–Crippen MR) is 80.4 cm³/mol. The molecule has 0 unspecified atom stereocenters. The van der Waals surface area contributed by atoms with E-state index in [4.69, 9.17) is 9.47 Å². The predicted octanol–water partition coefficient (Wildman–Crippen LogP) is 2.96. The minimum atomic E-state index is -0.248. The third kappa shape index (κ3) is 2.88. The van der Waals surface area contributed by atoms with Gasteiger partial charge in [-0.1, -0.05) is 33.8 Å². The van der Waals surface area contributed by atoms with Crippen LogP contribution in [0.1, 0.15) is 34.1 Å². The minimum Gasteiger partial charge on any atom is -0.376 e. The Morgan fingerprint density at radius 3 is 2.21 bits per heavy atom. The normalized spacial score (nSPS) is 35.6. The van der Waals surface area contributed by atoms with E-state index in [2.05, 4.69) is 53.3 Å². The van der Waals surface area contributed by atoms with Gasteiger partial charge in [-0.2, -0.15) is 0 Å². The van der Waals surface area contributed by atoms with E-state index in [0.29, 0.717) is 11.8 Å². The zero-order valence-electron chi connectivity index (χ0n) is 13.6. The molecule has 0 aromatic heterocycles. The van der Waals surface area contributed by atoms with Crippen LogP contribution >= 0.6 is 0 Å². The topological polar surface area (TPSA) is 21.7 Å². The molecule has 1 fully saturated rings. The zero-order valence-corrected chi connectivity index (χ0v) is 13.6. The Hall–Kier alpha value is -0.380. The van der Waals surface area contributed by atoms with E-state index in [0.717, 1.165) is 6.42 Å². The van der Waals surface area contributed by atoms with E-state index in [1.165, 1.54) is 0 Å². The van der Waals surface area contributed by atoms with Crippen LogP contribution in [0.2, 0.25) is 0 Å². The second-order valence-corrected chi connectivity index (χ2v) is 6.61. The number of hydrogen-bond acceptors (Lipinski definition) is 3. The van der Waals surface area contributed by atoms with Crippen molar-refractivity contribution in [2.45, 2.75) is 58.0 Å². The molecule has 1 saturated heterocycles. The molecule has 1 aliphatic heterocycles. The lowest BCUT2D eigenvalue weighted by Gasteiger charge is -2.42. The third-order valence-electron chi connectivity index (χ3n) is 4.24. The van der Waals surface area contributed by atoms with Gasteiger partial charge in [0.25, 0.3) is 0 Å². The maximum absolute atomic E-state index is 6.37. The van der Waals surface area contributed by atoms with E-state index in [9.17, 15) is 0 Å². The molecule has 0 N–H and O–H groups in total. The molecule has 0 spiro atoms. The van der Waals surface area contributed by atoms with Gasteiger partial charge >= 0.3 is 0 Å². The standard InChI is InChI=1S/C16H31NO2/c1-9-16(17(6)7)14(12(4)5)19-13(10-11(2)3)15(16)18-8/h9,11-15H,1,10H2,2-8H3/t13-,14+,15-,16+/m1/s1. The highest BCUT2D eigenvalue weighted by Crippen LogP contribution is 2.42. The SMILES string of the molecule is C=C[C@@]1(N(C)C)[C@H](OC)[C@@H](CC(C)C)O[C@H]1C(C)C. The van der Waals surface area contributed by atoms with Gasteiger partial charge in [-0.15, -0.1) is 6.58 Å². The summed E-state index contributed by atoms with van der Waals surface area (Å²) in [5.41, 5.74) is -0.248. The summed E-state index contributed by atoms with van der Waals surface area (Å²) in [5, 5.41) is 0. The van der Waals surface area contributed by atoms with Crippen molar-refractivity contribution in [1.82, 2.24) is 4.90 Å². The molecule has 1 rings (SSSR count). The highest BCUT2D eigenvalue weighted by Gasteiger charge is 2.57. The number of nitrogens with zero attached hydrogens (tertiary/aromatic N) is 1. The summed E-state index contributed by atoms with van der Waals surface area (Å²) < 4.78 is 12.2. The molecule has 0 amide bonds. The van der Waals surface area contributed by atoms with Crippen LogP contribution < -0.4 is 0 Å². The largest absolute Gasteiger partial charge is 0.376 e. The average molecular weight is 269 g/mol. The Balaban J connectivity index is 3.17. The lowest BCUT2D eigenvalue weighted by atomic mass is 9.79. The molecule has 3 heteroatoms. The molecule has 0 radical (unpaired) electrons. The van der Waals surface area contributed by atoms with Crippen LogP contribution in [0.5, 0.6) is 0 Å². The van der Waals surface area contributed by atoms with Crippen molar-refractivity contribution in [2.75, 3.05) is 21.2 Å². The number of rotatable bonds is 6. The van der Waals surface area contributed by atoms with E-state index in [1.54, 1.807) is 7.11 Å². The molecule has 0 saturated carbocycles. The quantitative estimate of drug-likeness (QED) is 0.692. The van der Waals surface area contributed by atoms with Crippen molar-refractivity contribution in [3.05, 3.63) is 12.7 Å². The number of likely N-dealkylation sites (N-methyl/N-ethyl adjacent to an activating group) is 1. The van der Waals surface area contributed by atoms with Gasteiger partial charge < -0.3 is 9.47 Å². The second-order valence-electron chi connectivity index (χ2n) is 6.61. The van der Waals surface area contributed by atoms with Crippen molar-refractivity contribution in [3.63, 3.8) is 0 Å².